The van der Waals surface area contributed by atoms with Crippen molar-refractivity contribution in [1.82, 2.24) is 9.99 Å². The van der Waals surface area contributed by atoms with Gasteiger partial charge in [0.1, 0.15) is 12.1 Å². The molecule has 30 heavy (non-hydrogen) atoms. The van der Waals surface area contributed by atoms with E-state index in [1.165, 1.54) is 4.90 Å². The number of carboxylic acid groups (broad SMARTS) is 1. The second-order valence-corrected chi connectivity index (χ2v) is 10.1. The zero-order chi connectivity index (χ0) is 22.7. The number of carbonyl (C=O) groups excluding carboxylic acids is 2. The van der Waals surface area contributed by atoms with E-state index in [0.717, 1.165) is 25.7 Å². The van der Waals surface area contributed by atoms with Crippen molar-refractivity contribution in [2.24, 2.45) is 5.41 Å². The van der Waals surface area contributed by atoms with Crippen molar-refractivity contribution in [3.05, 3.63) is 0 Å². The fourth-order valence-corrected chi connectivity index (χ4v) is 4.24. The van der Waals surface area contributed by atoms with Crippen molar-refractivity contribution in [1.29, 1.82) is 0 Å². The smallest absolute Gasteiger partial charge is 0.432 e. The highest BCUT2D eigenvalue weighted by Gasteiger charge is 2.37. The van der Waals surface area contributed by atoms with Gasteiger partial charge < -0.3 is 19.5 Å². The lowest BCUT2D eigenvalue weighted by molar-refractivity contribution is -0.165. The molecule has 0 bridgehead atoms. The fraction of sp³-hybridized carbons (Fsp3) is 0.850. The number of amides is 1. The highest BCUT2D eigenvalue weighted by molar-refractivity contribution is 7.42. The number of ether oxygens (including phenoxy) is 2. The summed E-state index contributed by atoms with van der Waals surface area (Å²) in [7, 11) is -1.73. The van der Waals surface area contributed by atoms with Crippen LogP contribution in [0.5, 0.6) is 0 Å². The highest BCUT2D eigenvalue weighted by Crippen LogP contribution is 2.22. The minimum absolute atomic E-state index is 0.0441. The van der Waals surface area contributed by atoms with Crippen LogP contribution < -0.4 is 5.09 Å². The molecule has 1 aliphatic rings. The number of nitrogens with zero attached hydrogens (tertiary/aromatic N) is 1. The second-order valence-electron chi connectivity index (χ2n) is 8.60. The van der Waals surface area contributed by atoms with Gasteiger partial charge in [0.2, 0.25) is 5.91 Å². The molecule has 1 rings (SSSR count). The summed E-state index contributed by atoms with van der Waals surface area (Å²) in [6.07, 6.45) is 4.94. The van der Waals surface area contributed by atoms with E-state index < -0.39 is 31.4 Å². The Morgan fingerprint density at radius 3 is 2.50 bits per heavy atom. The third kappa shape index (κ3) is 9.49. The van der Waals surface area contributed by atoms with Crippen molar-refractivity contribution in [3.8, 4) is 0 Å². The normalized spacial score (nSPS) is 18.2. The number of carbonyl (C=O) groups is 3. The molecule has 1 fully saturated rings. The molecule has 1 heterocycles. The van der Waals surface area contributed by atoms with Crippen molar-refractivity contribution >= 4 is 25.8 Å². The average molecular weight is 447 g/mol. The van der Waals surface area contributed by atoms with Crippen LogP contribution in [0.2, 0.25) is 0 Å². The molecule has 3 atom stereocenters. The molecule has 0 aromatic heterocycles. The third-order valence-electron chi connectivity index (χ3n) is 4.81. The molecule has 0 aromatic carbocycles. The van der Waals surface area contributed by atoms with Gasteiger partial charge in [0.15, 0.2) is 13.0 Å². The predicted octanol–water partition coefficient (Wildman–Crippen LogP) is 2.91. The number of carboxylic acids is 1. The van der Waals surface area contributed by atoms with Crippen LogP contribution in [0.1, 0.15) is 66.2 Å². The number of unbranched alkanes of at least 4 members (excludes halogenated alkanes) is 3. The molecular weight excluding hydrogens is 411 g/mol. The van der Waals surface area contributed by atoms with Gasteiger partial charge in [0.05, 0.1) is 12.0 Å². The van der Waals surface area contributed by atoms with Gasteiger partial charge in [-0.3, -0.25) is 9.59 Å². The molecule has 1 aliphatic heterocycles. The SMILES string of the molecule is C[C@H](N[P+](=O)CCCCCCOCOC(=O)C(C)(C)C)C(=O)N1CCC[C@H]1C(=O)O. The molecule has 0 aromatic rings. The zero-order valence-corrected chi connectivity index (χ0v) is 19.4. The van der Waals surface area contributed by atoms with Gasteiger partial charge in [-0.1, -0.05) is 16.1 Å². The molecule has 9 nitrogen and oxygen atoms in total. The molecular formula is C20H36N2O7P+. The lowest BCUT2D eigenvalue weighted by Crippen LogP contribution is -2.47. The fourth-order valence-electron chi connectivity index (χ4n) is 3.06. The minimum atomic E-state index is -1.73. The Kier molecular flexibility index (Phi) is 11.4. The number of aliphatic carboxylic acids is 1. The van der Waals surface area contributed by atoms with Crippen molar-refractivity contribution in [3.63, 3.8) is 0 Å². The Labute approximate surface area is 179 Å². The first kappa shape index (κ1) is 26.5. The third-order valence-corrected chi connectivity index (χ3v) is 6.21. The van der Waals surface area contributed by atoms with Gasteiger partial charge >= 0.3 is 19.9 Å². The van der Waals surface area contributed by atoms with Crippen molar-refractivity contribution in [2.45, 2.75) is 78.3 Å². The monoisotopic (exact) mass is 447 g/mol. The first-order valence-electron chi connectivity index (χ1n) is 10.5. The Morgan fingerprint density at radius 1 is 1.20 bits per heavy atom. The Balaban J connectivity index is 2.10. The van der Waals surface area contributed by atoms with Crippen LogP contribution in [-0.4, -0.2) is 66.0 Å². The molecule has 0 saturated carbocycles. The van der Waals surface area contributed by atoms with Gasteiger partial charge in [-0.25, -0.2) is 4.79 Å². The number of nitrogens with one attached hydrogen (secondary N) is 1. The van der Waals surface area contributed by atoms with E-state index in [1.807, 2.05) is 0 Å². The van der Waals surface area contributed by atoms with Gasteiger partial charge in [-0.2, -0.15) is 0 Å². The second kappa shape index (κ2) is 13.0. The number of esters is 1. The molecule has 1 amide bonds. The van der Waals surface area contributed by atoms with Crippen LogP contribution in [0, 0.1) is 5.41 Å². The average Bonchev–Trinajstić information content (AvgIpc) is 3.15. The molecule has 1 unspecified atom stereocenters. The summed E-state index contributed by atoms with van der Waals surface area (Å²) in [6, 6.07) is -1.45. The van der Waals surface area contributed by atoms with Crippen LogP contribution in [-0.2, 0) is 28.4 Å². The van der Waals surface area contributed by atoms with Crippen LogP contribution in [0.4, 0.5) is 0 Å². The Bertz CT molecular complexity index is 606. The first-order chi connectivity index (χ1) is 14.0. The maximum atomic E-state index is 12.4. The molecule has 0 spiro atoms. The standard InChI is InChI=1S/C20H35N2O7P/c1-15(17(23)22-11-9-10-16(22)18(24)25)21-30(27)13-8-6-5-7-12-28-14-29-19(26)20(2,3)4/h15-16H,5-14H2,1-4H3,(H-,21,24,25,27)/p+1/t15-,16-/m0/s1. The number of hydrogen-bond donors (Lipinski definition) is 2. The molecule has 1 saturated heterocycles. The summed E-state index contributed by atoms with van der Waals surface area (Å²) in [5, 5.41) is 12.0. The van der Waals surface area contributed by atoms with Gasteiger partial charge in [0.25, 0.3) is 0 Å². The van der Waals surface area contributed by atoms with Crippen molar-refractivity contribution < 1.29 is 33.5 Å². The maximum absolute atomic E-state index is 12.4. The lowest BCUT2D eigenvalue weighted by Gasteiger charge is -2.23. The van der Waals surface area contributed by atoms with E-state index in [-0.39, 0.29) is 18.7 Å². The van der Waals surface area contributed by atoms with Gasteiger partial charge in [0, 0.05) is 6.54 Å². The largest absolute Gasteiger partial charge is 0.480 e. The molecule has 172 valence electrons. The topological polar surface area (TPSA) is 122 Å². The van der Waals surface area contributed by atoms with E-state index in [9.17, 15) is 24.1 Å². The maximum Gasteiger partial charge on any atom is 0.432 e. The van der Waals surface area contributed by atoms with Crippen LogP contribution >= 0.6 is 7.95 Å². The number of likely N-dealkylation sites (tertiary alicyclic amines) is 1. The molecule has 0 radical (unpaired) electrons. The number of hydrogen-bond acceptors (Lipinski definition) is 6. The summed E-state index contributed by atoms with van der Waals surface area (Å²) in [6.45, 7) is 7.85. The van der Waals surface area contributed by atoms with E-state index >= 15 is 0 Å². The molecule has 10 heteroatoms. The first-order valence-corrected chi connectivity index (χ1v) is 12.0. The Morgan fingerprint density at radius 2 is 1.87 bits per heavy atom. The summed E-state index contributed by atoms with van der Waals surface area (Å²) in [4.78, 5) is 36.6. The van der Waals surface area contributed by atoms with Crippen molar-refractivity contribution in [2.75, 3.05) is 26.1 Å². The lowest BCUT2D eigenvalue weighted by atomic mass is 9.98. The quantitative estimate of drug-likeness (QED) is 0.191. The van der Waals surface area contributed by atoms with Gasteiger partial charge in [-0.05, 0) is 59.8 Å². The van der Waals surface area contributed by atoms with Crippen LogP contribution in [0.3, 0.4) is 0 Å². The number of rotatable bonds is 13. The van der Waals surface area contributed by atoms with E-state index in [1.54, 1.807) is 27.7 Å². The summed E-state index contributed by atoms with van der Waals surface area (Å²) in [5.74, 6) is -1.60. The molecule has 2 N–H and O–H groups in total. The minimum Gasteiger partial charge on any atom is -0.480 e. The zero-order valence-electron chi connectivity index (χ0n) is 18.5. The summed E-state index contributed by atoms with van der Waals surface area (Å²) < 4.78 is 22.5. The van der Waals surface area contributed by atoms with E-state index in [2.05, 4.69) is 5.09 Å². The van der Waals surface area contributed by atoms with E-state index in [4.69, 9.17) is 9.47 Å². The summed E-state index contributed by atoms with van der Waals surface area (Å²) in [5.41, 5.74) is -0.539. The predicted molar refractivity (Wildman–Crippen MR) is 112 cm³/mol. The molecule has 0 aliphatic carbocycles. The highest BCUT2D eigenvalue weighted by atomic mass is 31.1. The van der Waals surface area contributed by atoms with Gasteiger partial charge in [-0.15, -0.1) is 0 Å². The van der Waals surface area contributed by atoms with Crippen LogP contribution in [0.15, 0.2) is 0 Å². The van der Waals surface area contributed by atoms with E-state index in [0.29, 0.717) is 32.2 Å². The Hall–Kier alpha value is -1.57. The summed E-state index contributed by atoms with van der Waals surface area (Å²) >= 11 is 0. The van der Waals surface area contributed by atoms with Crippen LogP contribution in [0.25, 0.3) is 0 Å².